The summed E-state index contributed by atoms with van der Waals surface area (Å²) < 4.78 is 5.24. The number of methoxy groups -OCH3 is 1. The first-order chi connectivity index (χ1) is 10.1. The van der Waals surface area contributed by atoms with Gasteiger partial charge in [0.2, 0.25) is 0 Å². The first-order valence-electron chi connectivity index (χ1n) is 6.57. The number of benzene rings is 2. The Morgan fingerprint density at radius 2 is 1.90 bits per heavy atom. The lowest BCUT2D eigenvalue weighted by molar-refractivity contribution is 0.0985. The van der Waals surface area contributed by atoms with Crippen LogP contribution in [-0.2, 0) is 0 Å². The second-order valence-electron chi connectivity index (χ2n) is 4.49. The Kier molecular flexibility index (Phi) is 4.70. The number of rotatable bonds is 4. The fraction of sp³-hybridized carbons (Fsp3) is 0.188. The maximum Gasteiger partial charge on any atom is 0.262 e. The molecule has 0 bridgehead atoms. The van der Waals surface area contributed by atoms with Crippen molar-refractivity contribution in [2.24, 2.45) is 0 Å². The van der Waals surface area contributed by atoms with Crippen LogP contribution in [0, 0.1) is 0 Å². The van der Waals surface area contributed by atoms with Gasteiger partial charge in [0, 0.05) is 22.9 Å². The van der Waals surface area contributed by atoms with Crippen molar-refractivity contribution in [3.8, 4) is 5.75 Å². The smallest absolute Gasteiger partial charge is 0.262 e. The number of ether oxygens (including phenoxy) is 1. The standard InChI is InChI=1S/C16H17ClN2O2/c1-3-19(13-7-5-12(18)6-8-13)16(20)14-10-11(17)4-9-15(14)21-2/h4-10H,3,18H2,1-2H3. The summed E-state index contributed by atoms with van der Waals surface area (Å²) in [6.45, 7) is 2.43. The highest BCUT2D eigenvalue weighted by atomic mass is 35.5. The normalized spacial score (nSPS) is 10.2. The zero-order valence-electron chi connectivity index (χ0n) is 12.0. The molecule has 0 aliphatic carbocycles. The van der Waals surface area contributed by atoms with Crippen LogP contribution in [0.25, 0.3) is 0 Å². The van der Waals surface area contributed by atoms with Crippen molar-refractivity contribution >= 4 is 28.9 Å². The van der Waals surface area contributed by atoms with Crippen molar-refractivity contribution in [1.29, 1.82) is 0 Å². The molecule has 0 saturated heterocycles. The second-order valence-corrected chi connectivity index (χ2v) is 4.92. The molecule has 2 N–H and O–H groups in total. The van der Waals surface area contributed by atoms with E-state index in [-0.39, 0.29) is 5.91 Å². The molecule has 2 rings (SSSR count). The summed E-state index contributed by atoms with van der Waals surface area (Å²) >= 11 is 5.99. The van der Waals surface area contributed by atoms with E-state index in [9.17, 15) is 4.79 Å². The van der Waals surface area contributed by atoms with Gasteiger partial charge in [0.15, 0.2) is 0 Å². The molecular formula is C16H17ClN2O2. The quantitative estimate of drug-likeness (QED) is 0.878. The first-order valence-corrected chi connectivity index (χ1v) is 6.95. The monoisotopic (exact) mass is 304 g/mol. The minimum atomic E-state index is -0.165. The van der Waals surface area contributed by atoms with Gasteiger partial charge in [-0.1, -0.05) is 11.6 Å². The van der Waals surface area contributed by atoms with Crippen LogP contribution in [-0.4, -0.2) is 19.6 Å². The topological polar surface area (TPSA) is 55.6 Å². The molecule has 2 aromatic rings. The van der Waals surface area contributed by atoms with Crippen LogP contribution >= 0.6 is 11.6 Å². The molecule has 0 aliphatic heterocycles. The lowest BCUT2D eigenvalue weighted by atomic mass is 10.1. The van der Waals surface area contributed by atoms with Gasteiger partial charge in [-0.3, -0.25) is 4.79 Å². The van der Waals surface area contributed by atoms with Gasteiger partial charge in [0.25, 0.3) is 5.91 Å². The van der Waals surface area contributed by atoms with Crippen molar-refractivity contribution in [1.82, 2.24) is 0 Å². The largest absolute Gasteiger partial charge is 0.496 e. The lowest BCUT2D eigenvalue weighted by Gasteiger charge is -2.22. The minimum absolute atomic E-state index is 0.165. The van der Waals surface area contributed by atoms with Gasteiger partial charge in [-0.15, -0.1) is 0 Å². The summed E-state index contributed by atoms with van der Waals surface area (Å²) in [4.78, 5) is 14.4. The van der Waals surface area contributed by atoms with Gasteiger partial charge in [-0.25, -0.2) is 0 Å². The maximum atomic E-state index is 12.7. The molecule has 0 fully saturated rings. The molecule has 0 aliphatic rings. The lowest BCUT2D eigenvalue weighted by Crippen LogP contribution is -2.30. The fourth-order valence-electron chi connectivity index (χ4n) is 2.09. The van der Waals surface area contributed by atoms with E-state index in [0.29, 0.717) is 28.6 Å². The Morgan fingerprint density at radius 3 is 2.48 bits per heavy atom. The van der Waals surface area contributed by atoms with Crippen molar-refractivity contribution in [3.63, 3.8) is 0 Å². The van der Waals surface area contributed by atoms with Gasteiger partial charge in [-0.2, -0.15) is 0 Å². The number of anilines is 2. The SMILES string of the molecule is CCN(C(=O)c1cc(Cl)ccc1OC)c1ccc(N)cc1. The molecule has 0 spiro atoms. The van der Waals surface area contributed by atoms with Crippen LogP contribution in [0.2, 0.25) is 5.02 Å². The van der Waals surface area contributed by atoms with E-state index in [1.807, 2.05) is 19.1 Å². The number of carbonyl (C=O) groups excluding carboxylic acids is 1. The maximum absolute atomic E-state index is 12.7. The molecule has 0 atom stereocenters. The van der Waals surface area contributed by atoms with E-state index in [1.165, 1.54) is 7.11 Å². The number of hydrogen-bond acceptors (Lipinski definition) is 3. The van der Waals surface area contributed by atoms with Crippen LogP contribution in [0.15, 0.2) is 42.5 Å². The molecule has 0 heterocycles. The number of hydrogen-bond donors (Lipinski definition) is 1. The van der Waals surface area contributed by atoms with E-state index in [0.717, 1.165) is 5.69 Å². The summed E-state index contributed by atoms with van der Waals surface area (Å²) in [5.41, 5.74) is 7.55. The third-order valence-corrected chi connectivity index (χ3v) is 3.39. The summed E-state index contributed by atoms with van der Waals surface area (Å²) in [5.74, 6) is 0.333. The van der Waals surface area contributed by atoms with Crippen molar-refractivity contribution in [3.05, 3.63) is 53.1 Å². The van der Waals surface area contributed by atoms with Crippen LogP contribution < -0.4 is 15.4 Å². The van der Waals surface area contributed by atoms with Gasteiger partial charge in [0.1, 0.15) is 5.75 Å². The molecule has 0 unspecified atom stereocenters. The molecule has 5 heteroatoms. The number of nitrogens with two attached hydrogens (primary N) is 1. The molecule has 1 amide bonds. The third kappa shape index (κ3) is 3.28. The molecule has 0 aromatic heterocycles. The predicted octanol–water partition coefficient (Wildman–Crippen LogP) is 3.60. The van der Waals surface area contributed by atoms with E-state index < -0.39 is 0 Å². The average Bonchev–Trinajstić information content (AvgIpc) is 2.49. The highest BCUT2D eigenvalue weighted by molar-refractivity contribution is 6.31. The Hall–Kier alpha value is -2.20. The van der Waals surface area contributed by atoms with Crippen molar-refractivity contribution in [2.75, 3.05) is 24.3 Å². The Labute approximate surface area is 129 Å². The summed E-state index contributed by atoms with van der Waals surface area (Å²) in [6.07, 6.45) is 0. The molecule has 2 aromatic carbocycles. The molecule has 21 heavy (non-hydrogen) atoms. The number of nitrogens with zero attached hydrogens (tertiary/aromatic N) is 1. The Balaban J connectivity index is 2.41. The summed E-state index contributed by atoms with van der Waals surface area (Å²) in [6, 6.07) is 12.1. The number of amides is 1. The Bertz CT molecular complexity index is 641. The molecule has 0 radical (unpaired) electrons. The van der Waals surface area contributed by atoms with Gasteiger partial charge >= 0.3 is 0 Å². The Morgan fingerprint density at radius 1 is 1.24 bits per heavy atom. The highest BCUT2D eigenvalue weighted by Crippen LogP contribution is 2.26. The minimum Gasteiger partial charge on any atom is -0.496 e. The average molecular weight is 305 g/mol. The predicted molar refractivity (Wildman–Crippen MR) is 86.2 cm³/mol. The van der Waals surface area contributed by atoms with Crippen LogP contribution in [0.5, 0.6) is 5.75 Å². The first kappa shape index (κ1) is 15.2. The zero-order chi connectivity index (χ0) is 15.4. The zero-order valence-corrected chi connectivity index (χ0v) is 12.7. The van der Waals surface area contributed by atoms with E-state index in [1.54, 1.807) is 35.2 Å². The van der Waals surface area contributed by atoms with Crippen LogP contribution in [0.1, 0.15) is 17.3 Å². The fourth-order valence-corrected chi connectivity index (χ4v) is 2.26. The number of nitrogen functional groups attached to an aromatic ring is 1. The van der Waals surface area contributed by atoms with E-state index >= 15 is 0 Å². The molecule has 4 nitrogen and oxygen atoms in total. The highest BCUT2D eigenvalue weighted by Gasteiger charge is 2.20. The molecular weight excluding hydrogens is 288 g/mol. The second kappa shape index (κ2) is 6.50. The van der Waals surface area contributed by atoms with E-state index in [4.69, 9.17) is 22.1 Å². The van der Waals surface area contributed by atoms with Gasteiger partial charge in [0.05, 0.1) is 12.7 Å². The summed E-state index contributed by atoms with van der Waals surface area (Å²) in [7, 11) is 1.53. The summed E-state index contributed by atoms with van der Waals surface area (Å²) in [5, 5.41) is 0.493. The van der Waals surface area contributed by atoms with Crippen LogP contribution in [0.3, 0.4) is 0 Å². The van der Waals surface area contributed by atoms with Gasteiger partial charge < -0.3 is 15.4 Å². The number of carbonyl (C=O) groups is 1. The third-order valence-electron chi connectivity index (χ3n) is 3.16. The van der Waals surface area contributed by atoms with Gasteiger partial charge in [-0.05, 0) is 49.4 Å². The molecule has 0 saturated carbocycles. The van der Waals surface area contributed by atoms with Crippen molar-refractivity contribution < 1.29 is 9.53 Å². The van der Waals surface area contributed by atoms with Crippen LogP contribution in [0.4, 0.5) is 11.4 Å². The molecule has 110 valence electrons. The van der Waals surface area contributed by atoms with Crippen molar-refractivity contribution in [2.45, 2.75) is 6.92 Å². The number of halogens is 1. The van der Waals surface area contributed by atoms with E-state index in [2.05, 4.69) is 0 Å².